The zero-order chi connectivity index (χ0) is 15.5. The van der Waals surface area contributed by atoms with Crippen LogP contribution in [-0.2, 0) is 15.4 Å². The SMILES string of the molecule is CC1=N[C@](C)(c2cc(Br)ccc2F)CS(=O)(=O)C12CCC2. The summed E-state index contributed by atoms with van der Waals surface area (Å²) >= 11 is 3.31. The van der Waals surface area contributed by atoms with Gasteiger partial charge in [-0.3, -0.25) is 4.99 Å². The molecular formula is C15H17BrFNO2S. The fraction of sp³-hybridized carbons (Fsp3) is 0.533. The Hall–Kier alpha value is -0.750. The van der Waals surface area contributed by atoms with Crippen LogP contribution in [0.1, 0.15) is 38.7 Å². The third kappa shape index (κ3) is 2.10. The molecule has 0 radical (unpaired) electrons. The lowest BCUT2D eigenvalue weighted by Gasteiger charge is -2.47. The van der Waals surface area contributed by atoms with Crippen LogP contribution in [0.25, 0.3) is 0 Å². The number of aliphatic imine (C=N–C) groups is 1. The van der Waals surface area contributed by atoms with E-state index in [1.165, 1.54) is 6.07 Å². The smallest absolute Gasteiger partial charge is 0.164 e. The minimum atomic E-state index is -3.33. The van der Waals surface area contributed by atoms with Crippen LogP contribution in [0.15, 0.2) is 27.7 Å². The Morgan fingerprint density at radius 2 is 2.00 bits per heavy atom. The Labute approximate surface area is 132 Å². The highest BCUT2D eigenvalue weighted by molar-refractivity contribution is 9.10. The number of nitrogens with zero attached hydrogens (tertiary/aromatic N) is 1. The van der Waals surface area contributed by atoms with Crippen molar-refractivity contribution in [3.8, 4) is 0 Å². The van der Waals surface area contributed by atoms with E-state index in [0.29, 0.717) is 28.6 Å². The normalized spacial score (nSPS) is 29.8. The van der Waals surface area contributed by atoms with E-state index in [1.807, 2.05) is 0 Å². The van der Waals surface area contributed by atoms with Gasteiger partial charge in [0.1, 0.15) is 10.6 Å². The van der Waals surface area contributed by atoms with Crippen molar-refractivity contribution < 1.29 is 12.8 Å². The highest BCUT2D eigenvalue weighted by Gasteiger charge is 2.56. The van der Waals surface area contributed by atoms with E-state index in [4.69, 9.17) is 0 Å². The van der Waals surface area contributed by atoms with Crippen molar-refractivity contribution in [2.24, 2.45) is 4.99 Å². The topological polar surface area (TPSA) is 46.5 Å². The molecular weight excluding hydrogens is 357 g/mol. The fourth-order valence-electron chi connectivity index (χ4n) is 3.46. The Bertz CT molecular complexity index is 740. The van der Waals surface area contributed by atoms with Crippen molar-refractivity contribution in [3.63, 3.8) is 0 Å². The first-order valence-corrected chi connectivity index (χ1v) is 9.40. The summed E-state index contributed by atoms with van der Waals surface area (Å²) in [5.41, 5.74) is -0.103. The molecule has 0 unspecified atom stereocenters. The summed E-state index contributed by atoms with van der Waals surface area (Å²) in [5, 5.41) is 0. The molecule has 1 heterocycles. The second-order valence-corrected chi connectivity index (χ2v) is 9.42. The van der Waals surface area contributed by atoms with Crippen molar-refractivity contribution in [2.45, 2.75) is 43.4 Å². The van der Waals surface area contributed by atoms with Crippen molar-refractivity contribution in [3.05, 3.63) is 34.1 Å². The molecule has 1 saturated carbocycles. The molecule has 2 aliphatic rings. The van der Waals surface area contributed by atoms with Gasteiger partial charge in [0.2, 0.25) is 0 Å². The highest BCUT2D eigenvalue weighted by Crippen LogP contribution is 2.48. The minimum Gasteiger partial charge on any atom is -0.280 e. The second kappa shape index (κ2) is 4.62. The molecule has 3 nitrogen and oxygen atoms in total. The predicted molar refractivity (Wildman–Crippen MR) is 84.9 cm³/mol. The highest BCUT2D eigenvalue weighted by atomic mass is 79.9. The van der Waals surface area contributed by atoms with E-state index in [0.717, 1.165) is 6.42 Å². The Balaban J connectivity index is 2.17. The van der Waals surface area contributed by atoms with Gasteiger partial charge in [-0.25, -0.2) is 12.8 Å². The van der Waals surface area contributed by atoms with Crippen LogP contribution in [0.5, 0.6) is 0 Å². The van der Waals surface area contributed by atoms with Gasteiger partial charge in [-0.05, 0) is 51.3 Å². The maximum Gasteiger partial charge on any atom is 0.164 e. The predicted octanol–water partition coefficient (Wildman–Crippen LogP) is 3.62. The third-order valence-corrected chi connectivity index (χ3v) is 8.14. The van der Waals surface area contributed by atoms with Crippen molar-refractivity contribution >= 4 is 31.5 Å². The molecule has 6 heteroatoms. The van der Waals surface area contributed by atoms with Gasteiger partial charge in [0.05, 0.1) is 11.3 Å². The first-order valence-electron chi connectivity index (χ1n) is 6.95. The largest absolute Gasteiger partial charge is 0.280 e. The molecule has 1 atom stereocenters. The maximum atomic E-state index is 14.2. The summed E-state index contributed by atoms with van der Waals surface area (Å²) in [6, 6.07) is 4.57. The van der Waals surface area contributed by atoms with Gasteiger partial charge in [-0.1, -0.05) is 15.9 Å². The number of hydrogen-bond acceptors (Lipinski definition) is 3. The molecule has 1 aliphatic carbocycles. The quantitative estimate of drug-likeness (QED) is 0.754. The van der Waals surface area contributed by atoms with Crippen LogP contribution in [0.2, 0.25) is 0 Å². The van der Waals surface area contributed by atoms with E-state index < -0.39 is 25.9 Å². The molecule has 0 N–H and O–H groups in total. The van der Waals surface area contributed by atoms with Crippen molar-refractivity contribution in [2.75, 3.05) is 5.75 Å². The van der Waals surface area contributed by atoms with Gasteiger partial charge in [0.15, 0.2) is 9.84 Å². The van der Waals surface area contributed by atoms with E-state index in [2.05, 4.69) is 20.9 Å². The van der Waals surface area contributed by atoms with Gasteiger partial charge >= 0.3 is 0 Å². The molecule has 1 aliphatic heterocycles. The monoisotopic (exact) mass is 373 g/mol. The summed E-state index contributed by atoms with van der Waals surface area (Å²) < 4.78 is 39.6. The molecule has 114 valence electrons. The lowest BCUT2D eigenvalue weighted by molar-refractivity contribution is 0.389. The van der Waals surface area contributed by atoms with E-state index in [-0.39, 0.29) is 5.75 Å². The summed E-state index contributed by atoms with van der Waals surface area (Å²) in [7, 11) is -3.33. The molecule has 3 rings (SSSR count). The fourth-order valence-corrected chi connectivity index (χ4v) is 6.46. The van der Waals surface area contributed by atoms with Gasteiger partial charge < -0.3 is 0 Å². The summed E-state index contributed by atoms with van der Waals surface area (Å²) in [5.74, 6) is -0.554. The van der Waals surface area contributed by atoms with Gasteiger partial charge in [0, 0.05) is 15.7 Å². The maximum absolute atomic E-state index is 14.2. The lowest BCUT2D eigenvalue weighted by atomic mass is 9.80. The molecule has 0 bridgehead atoms. The summed E-state index contributed by atoms with van der Waals surface area (Å²) in [6.45, 7) is 3.47. The molecule has 0 saturated heterocycles. The van der Waals surface area contributed by atoms with Crippen LogP contribution in [0.3, 0.4) is 0 Å². The number of sulfone groups is 1. The van der Waals surface area contributed by atoms with Crippen molar-refractivity contribution in [1.82, 2.24) is 0 Å². The summed E-state index contributed by atoms with van der Waals surface area (Å²) in [6.07, 6.45) is 2.19. The third-order valence-electron chi connectivity index (χ3n) is 4.81. The molecule has 0 amide bonds. The van der Waals surface area contributed by atoms with Crippen LogP contribution >= 0.6 is 15.9 Å². The van der Waals surface area contributed by atoms with Crippen LogP contribution in [0.4, 0.5) is 4.39 Å². The molecule has 1 aromatic carbocycles. The summed E-state index contributed by atoms with van der Waals surface area (Å²) in [4.78, 5) is 4.63. The standard InChI is InChI=1S/C15H17BrFNO2S/c1-10-15(6-3-7-15)21(19,20)9-14(2,18-10)12-8-11(16)4-5-13(12)17/h4-5,8H,3,6-7,9H2,1-2H3/t14-/m0/s1. The molecule has 1 fully saturated rings. The van der Waals surface area contributed by atoms with E-state index in [1.54, 1.807) is 26.0 Å². The Kier molecular flexibility index (Phi) is 3.34. The van der Waals surface area contributed by atoms with Crippen molar-refractivity contribution in [1.29, 1.82) is 0 Å². The van der Waals surface area contributed by atoms with E-state index in [9.17, 15) is 12.8 Å². The average Bonchev–Trinajstić information content (AvgIpc) is 2.27. The Morgan fingerprint density at radius 1 is 1.33 bits per heavy atom. The van der Waals surface area contributed by atoms with Gasteiger partial charge in [0.25, 0.3) is 0 Å². The molecule has 0 aromatic heterocycles. The first kappa shape index (κ1) is 15.2. The Morgan fingerprint density at radius 3 is 2.52 bits per heavy atom. The van der Waals surface area contributed by atoms with Gasteiger partial charge in [-0.15, -0.1) is 0 Å². The van der Waals surface area contributed by atoms with Gasteiger partial charge in [-0.2, -0.15) is 0 Å². The molecule has 1 spiro atoms. The molecule has 1 aromatic rings. The number of halogens is 2. The zero-order valence-corrected chi connectivity index (χ0v) is 14.4. The van der Waals surface area contributed by atoms with Crippen LogP contribution in [0, 0.1) is 5.82 Å². The number of hydrogen-bond donors (Lipinski definition) is 0. The van der Waals surface area contributed by atoms with Crippen LogP contribution < -0.4 is 0 Å². The lowest BCUT2D eigenvalue weighted by Crippen LogP contribution is -2.58. The van der Waals surface area contributed by atoms with E-state index >= 15 is 0 Å². The number of rotatable bonds is 1. The minimum absolute atomic E-state index is 0.134. The second-order valence-electron chi connectivity index (χ2n) is 6.20. The number of benzene rings is 1. The van der Waals surface area contributed by atoms with Crippen LogP contribution in [-0.4, -0.2) is 24.6 Å². The zero-order valence-electron chi connectivity index (χ0n) is 12.0. The first-order chi connectivity index (χ1) is 9.70. The average molecular weight is 374 g/mol. The molecule has 21 heavy (non-hydrogen) atoms.